The quantitative estimate of drug-likeness (QED) is 0.910. The Hall–Kier alpha value is -1.49. The standard InChI is InChI=1S/C16H23ClN4O/c1-11-8-21(9-12(11)2)16(22)19-13-5-7-20(10-13)15-14(17)4-3-6-18-15/h3-4,6,11-13H,5,7-10H2,1-2H3,(H,19,22). The molecular formula is C16H23ClN4O. The number of amides is 2. The summed E-state index contributed by atoms with van der Waals surface area (Å²) in [5, 5.41) is 3.82. The predicted molar refractivity (Wildman–Crippen MR) is 88.3 cm³/mol. The lowest BCUT2D eigenvalue weighted by molar-refractivity contribution is 0.203. The number of anilines is 1. The van der Waals surface area contributed by atoms with Gasteiger partial charge in [-0.15, -0.1) is 0 Å². The Morgan fingerprint density at radius 3 is 2.73 bits per heavy atom. The van der Waals surface area contributed by atoms with E-state index in [0.717, 1.165) is 38.4 Å². The van der Waals surface area contributed by atoms with Crippen LogP contribution in [0.4, 0.5) is 10.6 Å². The number of pyridine rings is 1. The van der Waals surface area contributed by atoms with Gasteiger partial charge in [-0.25, -0.2) is 9.78 Å². The Bertz CT molecular complexity index is 543. The summed E-state index contributed by atoms with van der Waals surface area (Å²) in [6.07, 6.45) is 2.68. The summed E-state index contributed by atoms with van der Waals surface area (Å²) in [5.74, 6) is 1.97. The van der Waals surface area contributed by atoms with E-state index in [1.807, 2.05) is 17.0 Å². The van der Waals surface area contributed by atoms with Crippen LogP contribution in [0.2, 0.25) is 5.02 Å². The zero-order chi connectivity index (χ0) is 15.7. The van der Waals surface area contributed by atoms with E-state index in [4.69, 9.17) is 11.6 Å². The minimum atomic E-state index is 0.0650. The SMILES string of the molecule is CC1CN(C(=O)NC2CCN(c3ncccc3Cl)C2)CC1C. The van der Waals surface area contributed by atoms with Gasteiger partial charge in [0.2, 0.25) is 0 Å². The molecule has 3 heterocycles. The number of hydrogen-bond acceptors (Lipinski definition) is 3. The second kappa shape index (κ2) is 6.32. The Kier molecular flexibility index (Phi) is 4.43. The van der Waals surface area contributed by atoms with Crippen LogP contribution in [0.25, 0.3) is 0 Å². The van der Waals surface area contributed by atoms with Gasteiger partial charge in [0.15, 0.2) is 0 Å². The molecule has 0 radical (unpaired) electrons. The number of rotatable bonds is 2. The molecular weight excluding hydrogens is 300 g/mol. The molecule has 2 amide bonds. The summed E-state index contributed by atoms with van der Waals surface area (Å²) >= 11 is 6.19. The van der Waals surface area contributed by atoms with Gasteiger partial charge in [0.1, 0.15) is 5.82 Å². The molecule has 2 aliphatic heterocycles. The number of likely N-dealkylation sites (tertiary alicyclic amines) is 1. The minimum Gasteiger partial charge on any atom is -0.353 e. The number of nitrogens with zero attached hydrogens (tertiary/aromatic N) is 3. The summed E-state index contributed by atoms with van der Waals surface area (Å²) in [6, 6.07) is 3.91. The fourth-order valence-corrected chi connectivity index (χ4v) is 3.48. The van der Waals surface area contributed by atoms with E-state index in [1.165, 1.54) is 0 Å². The molecule has 0 bridgehead atoms. The molecule has 0 spiro atoms. The smallest absolute Gasteiger partial charge is 0.317 e. The largest absolute Gasteiger partial charge is 0.353 e. The van der Waals surface area contributed by atoms with Crippen molar-refractivity contribution in [1.29, 1.82) is 0 Å². The average Bonchev–Trinajstić information content (AvgIpc) is 3.07. The molecule has 3 rings (SSSR count). The molecule has 1 aromatic rings. The number of halogens is 1. The lowest BCUT2D eigenvalue weighted by atomic mass is 10.0. The second-order valence-corrected chi connectivity index (χ2v) is 6.96. The maximum Gasteiger partial charge on any atom is 0.317 e. The Labute approximate surface area is 136 Å². The predicted octanol–water partition coefficient (Wildman–Crippen LogP) is 2.61. The van der Waals surface area contributed by atoms with Crippen LogP contribution in [-0.4, -0.2) is 48.1 Å². The first-order chi connectivity index (χ1) is 10.5. The van der Waals surface area contributed by atoms with Crippen molar-refractivity contribution < 1.29 is 4.79 Å². The van der Waals surface area contributed by atoms with Crippen molar-refractivity contribution in [2.45, 2.75) is 26.3 Å². The fourth-order valence-electron chi connectivity index (χ4n) is 3.24. The van der Waals surface area contributed by atoms with Crippen molar-refractivity contribution in [3.8, 4) is 0 Å². The average molecular weight is 323 g/mol. The number of aromatic nitrogens is 1. The van der Waals surface area contributed by atoms with Gasteiger partial charge in [-0.05, 0) is 30.4 Å². The molecule has 0 aromatic carbocycles. The number of nitrogens with one attached hydrogen (secondary N) is 1. The van der Waals surface area contributed by atoms with E-state index in [9.17, 15) is 4.79 Å². The topological polar surface area (TPSA) is 48.5 Å². The number of carbonyl (C=O) groups is 1. The highest BCUT2D eigenvalue weighted by Crippen LogP contribution is 2.26. The van der Waals surface area contributed by atoms with Crippen LogP contribution in [0.15, 0.2) is 18.3 Å². The third kappa shape index (κ3) is 3.14. The maximum absolute atomic E-state index is 12.4. The van der Waals surface area contributed by atoms with Crippen LogP contribution >= 0.6 is 11.6 Å². The number of hydrogen-bond donors (Lipinski definition) is 1. The highest BCUT2D eigenvalue weighted by atomic mass is 35.5. The Morgan fingerprint density at radius 2 is 2.05 bits per heavy atom. The fraction of sp³-hybridized carbons (Fsp3) is 0.625. The van der Waals surface area contributed by atoms with Crippen LogP contribution in [0.1, 0.15) is 20.3 Å². The first-order valence-electron chi connectivity index (χ1n) is 7.95. The normalized spacial score (nSPS) is 28.2. The van der Waals surface area contributed by atoms with E-state index >= 15 is 0 Å². The van der Waals surface area contributed by atoms with Crippen molar-refractivity contribution >= 4 is 23.4 Å². The van der Waals surface area contributed by atoms with Gasteiger partial charge >= 0.3 is 6.03 Å². The van der Waals surface area contributed by atoms with Crippen LogP contribution in [0, 0.1) is 11.8 Å². The molecule has 22 heavy (non-hydrogen) atoms. The minimum absolute atomic E-state index is 0.0650. The van der Waals surface area contributed by atoms with Gasteiger partial charge in [-0.1, -0.05) is 25.4 Å². The molecule has 6 heteroatoms. The van der Waals surface area contributed by atoms with Crippen LogP contribution in [0.5, 0.6) is 0 Å². The van der Waals surface area contributed by atoms with Gasteiger partial charge in [-0.2, -0.15) is 0 Å². The molecule has 0 aliphatic carbocycles. The van der Waals surface area contributed by atoms with Gasteiger partial charge in [-0.3, -0.25) is 0 Å². The van der Waals surface area contributed by atoms with E-state index in [2.05, 4.69) is 29.0 Å². The molecule has 1 N–H and O–H groups in total. The number of urea groups is 1. The van der Waals surface area contributed by atoms with Gasteiger partial charge in [0.25, 0.3) is 0 Å². The van der Waals surface area contributed by atoms with E-state index in [-0.39, 0.29) is 12.1 Å². The Balaban J connectivity index is 1.55. The van der Waals surface area contributed by atoms with Gasteiger partial charge < -0.3 is 15.1 Å². The molecule has 3 unspecified atom stereocenters. The van der Waals surface area contributed by atoms with Gasteiger partial charge in [0.05, 0.1) is 5.02 Å². The third-order valence-electron chi connectivity index (χ3n) is 4.83. The molecule has 3 atom stereocenters. The van der Waals surface area contributed by atoms with Crippen LogP contribution < -0.4 is 10.2 Å². The zero-order valence-electron chi connectivity index (χ0n) is 13.1. The molecule has 120 valence electrons. The Morgan fingerprint density at radius 1 is 1.32 bits per heavy atom. The summed E-state index contributed by atoms with van der Waals surface area (Å²) < 4.78 is 0. The zero-order valence-corrected chi connectivity index (χ0v) is 13.9. The monoisotopic (exact) mass is 322 g/mol. The lowest BCUT2D eigenvalue weighted by Crippen LogP contribution is -2.45. The first-order valence-corrected chi connectivity index (χ1v) is 8.33. The van der Waals surface area contributed by atoms with Crippen LogP contribution in [-0.2, 0) is 0 Å². The molecule has 5 nitrogen and oxygen atoms in total. The number of carbonyl (C=O) groups excluding carboxylic acids is 1. The van der Waals surface area contributed by atoms with Crippen molar-refractivity contribution in [3.63, 3.8) is 0 Å². The summed E-state index contributed by atoms with van der Waals surface area (Å²) in [4.78, 5) is 20.8. The molecule has 2 saturated heterocycles. The first kappa shape index (κ1) is 15.4. The van der Waals surface area contributed by atoms with E-state index in [0.29, 0.717) is 16.9 Å². The van der Waals surface area contributed by atoms with Crippen molar-refractivity contribution in [2.24, 2.45) is 11.8 Å². The molecule has 2 aliphatic rings. The van der Waals surface area contributed by atoms with Crippen molar-refractivity contribution in [1.82, 2.24) is 15.2 Å². The lowest BCUT2D eigenvalue weighted by Gasteiger charge is -2.22. The highest BCUT2D eigenvalue weighted by molar-refractivity contribution is 6.32. The highest BCUT2D eigenvalue weighted by Gasteiger charge is 2.32. The van der Waals surface area contributed by atoms with E-state index < -0.39 is 0 Å². The van der Waals surface area contributed by atoms with E-state index in [1.54, 1.807) is 6.20 Å². The second-order valence-electron chi connectivity index (χ2n) is 6.55. The molecule has 0 saturated carbocycles. The summed E-state index contributed by atoms with van der Waals surface area (Å²) in [6.45, 7) is 7.76. The molecule has 2 fully saturated rings. The third-order valence-corrected chi connectivity index (χ3v) is 5.12. The molecule has 1 aromatic heterocycles. The van der Waals surface area contributed by atoms with Crippen molar-refractivity contribution in [2.75, 3.05) is 31.1 Å². The summed E-state index contributed by atoms with van der Waals surface area (Å²) in [7, 11) is 0. The maximum atomic E-state index is 12.4. The van der Waals surface area contributed by atoms with Crippen molar-refractivity contribution in [3.05, 3.63) is 23.4 Å². The van der Waals surface area contributed by atoms with Gasteiger partial charge in [0, 0.05) is 38.4 Å². The summed E-state index contributed by atoms with van der Waals surface area (Å²) in [5.41, 5.74) is 0. The van der Waals surface area contributed by atoms with Crippen LogP contribution in [0.3, 0.4) is 0 Å².